The van der Waals surface area contributed by atoms with Crippen molar-refractivity contribution >= 4 is 0 Å². The van der Waals surface area contributed by atoms with Crippen LogP contribution in [0.15, 0.2) is 0 Å². The van der Waals surface area contributed by atoms with Crippen LogP contribution in [0, 0.1) is 0 Å². The first-order chi connectivity index (χ1) is 2.65. The van der Waals surface area contributed by atoms with Gasteiger partial charge < -0.3 is 0 Å². The Kier molecular flexibility index (Phi) is 0.693. The summed E-state index contributed by atoms with van der Waals surface area (Å²) in [4.78, 5) is 0. The molecule has 0 bridgehead atoms. The van der Waals surface area contributed by atoms with Crippen LogP contribution in [0.1, 0.15) is 0 Å². The van der Waals surface area contributed by atoms with Gasteiger partial charge in [0.05, 0.1) is 0 Å². The molecule has 0 atom stereocenters. The zero-order valence-corrected chi connectivity index (χ0v) is 5.60. The molecule has 0 rings (SSSR count). The van der Waals surface area contributed by atoms with E-state index in [1.165, 1.54) is 0 Å². The van der Waals surface area contributed by atoms with E-state index in [4.69, 9.17) is 0 Å². The van der Waals surface area contributed by atoms with E-state index in [-0.39, 0.29) is 0 Å². The third kappa shape index (κ3) is 1200. The summed E-state index contributed by atoms with van der Waals surface area (Å²) in [7, 11) is 0. The van der Waals surface area contributed by atoms with E-state index in [1.807, 2.05) is 0 Å². The van der Waals surface area contributed by atoms with Gasteiger partial charge in [0.1, 0.15) is 0 Å². The molecule has 53 valence electrons. The Morgan fingerprint density at radius 1 is 0.500 bits per heavy atom. The van der Waals surface area contributed by atoms with E-state index in [1.54, 1.807) is 0 Å². The minimum atomic E-state index is -13.4. The summed E-state index contributed by atoms with van der Waals surface area (Å²) in [6.45, 7) is 0. The number of halogens is 7. The van der Waals surface area contributed by atoms with Gasteiger partial charge in [0.25, 0.3) is 0 Å². The normalized spacial score (nSPS) is 27.1. The van der Waals surface area contributed by atoms with Crippen LogP contribution < -0.4 is 0 Å². The molecule has 0 nitrogen and oxygen atoms in total. The molecular weight excluding hydrogens is 224 g/mol. The molecule has 0 aromatic heterocycles. The average molecular weight is 224 g/mol. The van der Waals surface area contributed by atoms with Crippen molar-refractivity contribution in [3.8, 4) is 0 Å². The molecule has 0 saturated heterocycles. The van der Waals surface area contributed by atoms with Crippen LogP contribution in [-0.4, -0.2) is 0 Å². The Morgan fingerprint density at radius 3 is 0.500 bits per heavy atom. The summed E-state index contributed by atoms with van der Waals surface area (Å²) in [6, 6.07) is 0. The van der Waals surface area contributed by atoms with Gasteiger partial charge in [-0.25, -0.2) is 0 Å². The predicted octanol–water partition coefficient (Wildman–Crippen LogP) is 2.94. The van der Waals surface area contributed by atoms with Gasteiger partial charge in [0, 0.05) is 0 Å². The van der Waals surface area contributed by atoms with Crippen LogP contribution in [0.3, 0.4) is 0 Å². The second-order valence-corrected chi connectivity index (χ2v) is 8.87. The molecule has 0 aliphatic rings. The first-order valence-corrected chi connectivity index (χ1v) is 7.83. The molecule has 0 spiro atoms. The molecule has 0 radical (unpaired) electrons. The van der Waals surface area contributed by atoms with E-state index >= 15 is 0 Å². The van der Waals surface area contributed by atoms with Crippen molar-refractivity contribution in [2.24, 2.45) is 0 Å². The Balaban J connectivity index is 5.14. The number of hydrogen-bond donors (Lipinski definition) is 0. The zero-order chi connectivity index (χ0) is 7.38. The van der Waals surface area contributed by atoms with Gasteiger partial charge in [-0.1, -0.05) is 0 Å². The Bertz CT molecular complexity index is 96.6. The fraction of sp³-hybridized carbons (Fsp3) is 0. The Hall–Kier alpha value is 0.393. The molecule has 0 aliphatic heterocycles. The average Bonchev–Trinajstić information content (AvgIpc) is 0.544. The molecule has 0 unspecified atom stereocenters. The number of hydrogen-bond acceptors (Lipinski definition) is 0. The van der Waals surface area contributed by atoms with Crippen LogP contribution in [0.2, 0.25) is 0 Å². The van der Waals surface area contributed by atoms with E-state index in [0.717, 1.165) is 0 Å². The van der Waals surface area contributed by atoms with Gasteiger partial charge in [-0.15, -0.1) is 0 Å². The van der Waals surface area contributed by atoms with Crippen molar-refractivity contribution in [2.75, 3.05) is 0 Å². The van der Waals surface area contributed by atoms with Crippen molar-refractivity contribution in [3.63, 3.8) is 0 Å². The third-order valence-electron chi connectivity index (χ3n) is 0. The number of rotatable bonds is 0. The fourth-order valence-corrected chi connectivity index (χ4v) is 0. The fourth-order valence-electron chi connectivity index (χ4n) is 0. The molecule has 8 heavy (non-hydrogen) atoms. The topological polar surface area (TPSA) is 0 Å². The van der Waals surface area contributed by atoms with E-state index in [0.29, 0.717) is 0 Å². The van der Waals surface area contributed by atoms with Crippen LogP contribution in [0.5, 0.6) is 0 Å². The summed E-state index contributed by atoms with van der Waals surface area (Å²) in [5.74, 6) is 0. The van der Waals surface area contributed by atoms with Crippen molar-refractivity contribution in [2.45, 2.75) is 0 Å². The predicted molar refractivity (Wildman–Crippen MR) is 7.76 cm³/mol. The van der Waals surface area contributed by atoms with Gasteiger partial charge in [0.15, 0.2) is 0 Å². The molecular formula is F7Zr. The first-order valence-electron chi connectivity index (χ1n) is 1.32. The van der Waals surface area contributed by atoms with Gasteiger partial charge >= 0.3 is 38.5 Å². The third-order valence-corrected chi connectivity index (χ3v) is 0. The first kappa shape index (κ1) is 8.39. The molecule has 0 amide bonds. The SMILES string of the molecule is [F][Zr]([F])([F])([F])([F])([F])[F]. The monoisotopic (exact) mass is 223 g/mol. The van der Waals surface area contributed by atoms with Gasteiger partial charge in [0.2, 0.25) is 0 Å². The van der Waals surface area contributed by atoms with E-state index in [9.17, 15) is 18.4 Å². The van der Waals surface area contributed by atoms with E-state index < -0.39 is 20.1 Å². The quantitative estimate of drug-likeness (QED) is 0.555. The Labute approximate surface area is 39.0 Å². The van der Waals surface area contributed by atoms with Crippen molar-refractivity contribution in [3.05, 3.63) is 0 Å². The second kappa shape index (κ2) is 0.660. The van der Waals surface area contributed by atoms with Gasteiger partial charge in [-0.2, -0.15) is 0 Å². The Morgan fingerprint density at radius 2 is 0.500 bits per heavy atom. The molecule has 0 aromatic rings. The molecule has 0 saturated carbocycles. The summed E-state index contributed by atoms with van der Waals surface area (Å²) < 4.78 is 69.6. The molecule has 0 heterocycles. The van der Waals surface area contributed by atoms with Gasteiger partial charge in [-0.05, 0) is 0 Å². The van der Waals surface area contributed by atoms with Gasteiger partial charge in [-0.3, -0.25) is 0 Å². The molecule has 0 N–H and O–H groups in total. The molecule has 8 heteroatoms. The van der Waals surface area contributed by atoms with Crippen molar-refractivity contribution in [1.29, 1.82) is 0 Å². The van der Waals surface area contributed by atoms with E-state index in [2.05, 4.69) is 0 Å². The minimum absolute atomic E-state index is 9.94. The van der Waals surface area contributed by atoms with Crippen molar-refractivity contribution in [1.82, 2.24) is 0 Å². The molecule has 0 aromatic carbocycles. The summed E-state index contributed by atoms with van der Waals surface area (Å²) >= 11 is -13.4. The molecule has 0 fully saturated rings. The summed E-state index contributed by atoms with van der Waals surface area (Å²) in [5, 5.41) is 0. The molecule has 0 aliphatic carbocycles. The van der Waals surface area contributed by atoms with Crippen LogP contribution in [0.25, 0.3) is 0 Å². The standard InChI is InChI=1S/7FH.Zr/h7*1H;/q;;;;;;;+7/p-7. The zero-order valence-electron chi connectivity index (χ0n) is 3.15. The van der Waals surface area contributed by atoms with Crippen LogP contribution in [0.4, 0.5) is 18.4 Å². The van der Waals surface area contributed by atoms with Crippen LogP contribution in [-0.2, 0) is 20.1 Å². The van der Waals surface area contributed by atoms with Crippen molar-refractivity contribution < 1.29 is 38.5 Å². The second-order valence-electron chi connectivity index (χ2n) is 1.50. The maximum atomic E-state index is 9.94. The summed E-state index contributed by atoms with van der Waals surface area (Å²) in [6.07, 6.45) is 0. The van der Waals surface area contributed by atoms with Crippen LogP contribution >= 0.6 is 0 Å². The summed E-state index contributed by atoms with van der Waals surface area (Å²) in [5.41, 5.74) is 0. The maximum absolute atomic E-state index is 13.4.